The number of hydrogen-bond donors (Lipinski definition) is 1. The molecule has 1 N–H and O–H groups in total. The quantitative estimate of drug-likeness (QED) is 0.552. The summed E-state index contributed by atoms with van der Waals surface area (Å²) in [5.74, 6) is 0.658. The van der Waals surface area contributed by atoms with E-state index in [1.165, 1.54) is 32.8 Å². The van der Waals surface area contributed by atoms with Crippen molar-refractivity contribution >= 4 is 5.97 Å². The van der Waals surface area contributed by atoms with Crippen molar-refractivity contribution in [3.8, 4) is 0 Å². The molecule has 0 bridgehead atoms. The maximum absolute atomic E-state index is 12.0. The number of methoxy groups -OCH3 is 1. The number of hydrogen-bond acceptors (Lipinski definition) is 4. The molecule has 0 aliphatic heterocycles. The first-order chi connectivity index (χ1) is 9.87. The van der Waals surface area contributed by atoms with E-state index < -0.39 is 5.54 Å². The Bertz CT molecular complexity index is 311. The van der Waals surface area contributed by atoms with E-state index in [1.54, 1.807) is 0 Å². The van der Waals surface area contributed by atoms with Crippen LogP contribution < -0.4 is 5.32 Å². The molecule has 1 fully saturated rings. The number of carbonyl (C=O) groups excluding carboxylic acids is 1. The SMILES string of the molecule is COC(=O)C(C)(CCCOC1CCC(C)CC1)NC(C)C. The highest BCUT2D eigenvalue weighted by atomic mass is 16.5. The van der Waals surface area contributed by atoms with Crippen LogP contribution in [0.25, 0.3) is 0 Å². The molecule has 4 heteroatoms. The second-order valence-corrected chi connectivity index (χ2v) is 6.98. The van der Waals surface area contributed by atoms with Gasteiger partial charge >= 0.3 is 5.97 Å². The maximum atomic E-state index is 12.0. The molecule has 4 nitrogen and oxygen atoms in total. The van der Waals surface area contributed by atoms with Crippen LogP contribution in [0.3, 0.4) is 0 Å². The summed E-state index contributed by atoms with van der Waals surface area (Å²) in [4.78, 5) is 12.0. The number of nitrogens with one attached hydrogen (secondary N) is 1. The highest BCUT2D eigenvalue weighted by molar-refractivity contribution is 5.80. The van der Waals surface area contributed by atoms with E-state index in [9.17, 15) is 4.79 Å². The Kier molecular flexibility index (Phi) is 7.67. The molecule has 0 heterocycles. The van der Waals surface area contributed by atoms with Gasteiger partial charge in [0, 0.05) is 12.6 Å². The second-order valence-electron chi connectivity index (χ2n) is 6.98. The topological polar surface area (TPSA) is 47.6 Å². The van der Waals surface area contributed by atoms with Crippen molar-refractivity contribution in [2.75, 3.05) is 13.7 Å². The Morgan fingerprint density at radius 1 is 1.29 bits per heavy atom. The van der Waals surface area contributed by atoms with Crippen molar-refractivity contribution < 1.29 is 14.3 Å². The average Bonchev–Trinajstić information content (AvgIpc) is 2.44. The van der Waals surface area contributed by atoms with Gasteiger partial charge in [-0.1, -0.05) is 6.92 Å². The Hall–Kier alpha value is -0.610. The van der Waals surface area contributed by atoms with Gasteiger partial charge in [-0.15, -0.1) is 0 Å². The van der Waals surface area contributed by atoms with Crippen LogP contribution in [0.5, 0.6) is 0 Å². The summed E-state index contributed by atoms with van der Waals surface area (Å²) in [6, 6.07) is 0.245. The molecule has 124 valence electrons. The Balaban J connectivity index is 2.31. The van der Waals surface area contributed by atoms with Crippen molar-refractivity contribution in [1.29, 1.82) is 0 Å². The molecule has 0 aromatic heterocycles. The summed E-state index contributed by atoms with van der Waals surface area (Å²) in [5, 5.41) is 3.32. The van der Waals surface area contributed by atoms with Crippen molar-refractivity contribution in [2.24, 2.45) is 5.92 Å². The van der Waals surface area contributed by atoms with Gasteiger partial charge in [-0.2, -0.15) is 0 Å². The van der Waals surface area contributed by atoms with Gasteiger partial charge in [-0.3, -0.25) is 10.1 Å². The summed E-state index contributed by atoms with van der Waals surface area (Å²) in [6.07, 6.45) is 6.94. The lowest BCUT2D eigenvalue weighted by atomic mass is 9.89. The van der Waals surface area contributed by atoms with Crippen molar-refractivity contribution in [2.45, 2.75) is 83.9 Å². The van der Waals surface area contributed by atoms with Gasteiger partial charge in [0.25, 0.3) is 0 Å². The molecular weight excluding hydrogens is 266 g/mol. The zero-order valence-corrected chi connectivity index (χ0v) is 14.4. The molecule has 0 spiro atoms. The van der Waals surface area contributed by atoms with Gasteiger partial charge < -0.3 is 9.47 Å². The highest BCUT2D eigenvalue weighted by Crippen LogP contribution is 2.26. The third-order valence-corrected chi connectivity index (χ3v) is 4.38. The normalized spacial score (nSPS) is 25.6. The number of ether oxygens (including phenoxy) is 2. The fourth-order valence-corrected chi connectivity index (χ4v) is 3.17. The summed E-state index contributed by atoms with van der Waals surface area (Å²) in [7, 11) is 1.45. The van der Waals surface area contributed by atoms with E-state index in [4.69, 9.17) is 9.47 Å². The first-order valence-electron chi connectivity index (χ1n) is 8.35. The molecule has 21 heavy (non-hydrogen) atoms. The number of rotatable bonds is 8. The van der Waals surface area contributed by atoms with Gasteiger partial charge in [-0.05, 0) is 65.2 Å². The Labute approximate surface area is 130 Å². The molecule has 1 aliphatic rings. The molecule has 0 aromatic carbocycles. The fraction of sp³-hybridized carbons (Fsp3) is 0.941. The molecule has 0 aromatic rings. The number of esters is 1. The van der Waals surface area contributed by atoms with E-state index >= 15 is 0 Å². The monoisotopic (exact) mass is 299 g/mol. The molecule has 1 aliphatic carbocycles. The first-order valence-corrected chi connectivity index (χ1v) is 8.35. The van der Waals surface area contributed by atoms with Crippen molar-refractivity contribution in [3.63, 3.8) is 0 Å². The minimum atomic E-state index is -0.618. The van der Waals surface area contributed by atoms with Gasteiger partial charge in [0.2, 0.25) is 0 Å². The smallest absolute Gasteiger partial charge is 0.325 e. The predicted octanol–water partition coefficient (Wildman–Crippen LogP) is 3.29. The minimum absolute atomic E-state index is 0.192. The standard InChI is InChI=1S/C17H33NO3/c1-13(2)18-17(4,16(19)20-5)11-6-12-21-15-9-7-14(3)8-10-15/h13-15,18H,6-12H2,1-5H3. The van der Waals surface area contributed by atoms with Crippen LogP contribution in [0.4, 0.5) is 0 Å². The van der Waals surface area contributed by atoms with Crippen LogP contribution >= 0.6 is 0 Å². The molecule has 0 radical (unpaired) electrons. The van der Waals surface area contributed by atoms with E-state index in [1.807, 2.05) is 20.8 Å². The van der Waals surface area contributed by atoms with E-state index in [-0.39, 0.29) is 12.0 Å². The third kappa shape index (κ3) is 6.35. The minimum Gasteiger partial charge on any atom is -0.468 e. The molecular formula is C17H33NO3. The van der Waals surface area contributed by atoms with Gasteiger partial charge in [0.15, 0.2) is 0 Å². The van der Waals surface area contributed by atoms with Gasteiger partial charge in [-0.25, -0.2) is 0 Å². The van der Waals surface area contributed by atoms with Crippen LogP contribution in [0.1, 0.15) is 66.2 Å². The number of carbonyl (C=O) groups is 1. The Morgan fingerprint density at radius 3 is 2.43 bits per heavy atom. The van der Waals surface area contributed by atoms with E-state index in [0.717, 1.165) is 25.4 Å². The molecule has 1 atom stereocenters. The predicted molar refractivity (Wildman–Crippen MR) is 85.3 cm³/mol. The lowest BCUT2D eigenvalue weighted by Crippen LogP contribution is -2.53. The molecule has 1 saturated carbocycles. The molecule has 0 amide bonds. The van der Waals surface area contributed by atoms with Gasteiger partial charge in [0.05, 0.1) is 13.2 Å². The lowest BCUT2D eigenvalue weighted by molar-refractivity contribution is -0.148. The Morgan fingerprint density at radius 2 is 1.90 bits per heavy atom. The molecule has 0 saturated heterocycles. The summed E-state index contributed by atoms with van der Waals surface area (Å²) in [6.45, 7) is 9.05. The zero-order chi connectivity index (χ0) is 15.9. The fourth-order valence-electron chi connectivity index (χ4n) is 3.17. The second kappa shape index (κ2) is 8.74. The van der Waals surface area contributed by atoms with Crippen LogP contribution in [0.15, 0.2) is 0 Å². The molecule has 1 unspecified atom stereocenters. The average molecular weight is 299 g/mol. The summed E-state index contributed by atoms with van der Waals surface area (Å²) >= 11 is 0. The van der Waals surface area contributed by atoms with Crippen LogP contribution in [0.2, 0.25) is 0 Å². The van der Waals surface area contributed by atoms with E-state index in [0.29, 0.717) is 6.10 Å². The van der Waals surface area contributed by atoms with Crippen molar-refractivity contribution in [1.82, 2.24) is 5.32 Å². The van der Waals surface area contributed by atoms with Crippen LogP contribution in [-0.2, 0) is 14.3 Å². The largest absolute Gasteiger partial charge is 0.468 e. The van der Waals surface area contributed by atoms with Crippen LogP contribution in [0, 0.1) is 5.92 Å². The maximum Gasteiger partial charge on any atom is 0.325 e. The van der Waals surface area contributed by atoms with E-state index in [2.05, 4.69) is 12.2 Å². The zero-order valence-electron chi connectivity index (χ0n) is 14.4. The van der Waals surface area contributed by atoms with Crippen molar-refractivity contribution in [3.05, 3.63) is 0 Å². The highest BCUT2D eigenvalue weighted by Gasteiger charge is 2.34. The summed E-state index contributed by atoms with van der Waals surface area (Å²) < 4.78 is 10.9. The van der Waals surface area contributed by atoms with Gasteiger partial charge in [0.1, 0.15) is 5.54 Å². The van der Waals surface area contributed by atoms with Crippen LogP contribution in [-0.4, -0.2) is 37.4 Å². The molecule has 1 rings (SSSR count). The third-order valence-electron chi connectivity index (χ3n) is 4.38. The lowest BCUT2D eigenvalue weighted by Gasteiger charge is -2.31. The summed E-state index contributed by atoms with van der Waals surface area (Å²) in [5.41, 5.74) is -0.618. The first kappa shape index (κ1) is 18.4.